The number of carbonyl (C=O) groups is 2. The predicted molar refractivity (Wildman–Crippen MR) is 91.5 cm³/mol. The first-order chi connectivity index (χ1) is 12.0. The molecule has 0 radical (unpaired) electrons. The van der Waals surface area contributed by atoms with Crippen molar-refractivity contribution >= 4 is 11.9 Å². The molecule has 1 aromatic rings. The largest absolute Gasteiger partial charge is 0.481 e. The molecule has 0 bridgehead atoms. The van der Waals surface area contributed by atoms with Gasteiger partial charge in [-0.3, -0.25) is 14.3 Å². The lowest BCUT2D eigenvalue weighted by Gasteiger charge is -2.25. The second kappa shape index (κ2) is 7.56. The van der Waals surface area contributed by atoms with Crippen molar-refractivity contribution in [2.24, 2.45) is 7.05 Å². The van der Waals surface area contributed by atoms with Crippen LogP contribution in [0, 0.1) is 0 Å². The average molecular weight is 349 g/mol. The highest BCUT2D eigenvalue weighted by Crippen LogP contribution is 2.35. The minimum Gasteiger partial charge on any atom is -0.481 e. The van der Waals surface area contributed by atoms with Gasteiger partial charge in [-0.05, 0) is 19.3 Å². The Labute approximate surface area is 147 Å². The minimum atomic E-state index is -0.891. The van der Waals surface area contributed by atoms with Crippen LogP contribution >= 0.6 is 0 Å². The van der Waals surface area contributed by atoms with Crippen LogP contribution in [-0.2, 0) is 16.6 Å². The third-order valence-corrected chi connectivity index (χ3v) is 5.46. The molecular formula is C18H27N3O4. The number of methoxy groups -OCH3 is 1. The number of carboxylic acid groups (broad SMARTS) is 1. The molecule has 2 heterocycles. The summed E-state index contributed by atoms with van der Waals surface area (Å²) in [4.78, 5) is 26.1. The third kappa shape index (κ3) is 3.86. The number of likely N-dealkylation sites (tertiary alicyclic amines) is 1. The molecule has 1 amide bonds. The van der Waals surface area contributed by atoms with E-state index >= 15 is 0 Å². The summed E-state index contributed by atoms with van der Waals surface area (Å²) in [6, 6.07) is -0.325. The number of hydrogen-bond donors (Lipinski definition) is 1. The Bertz CT molecular complexity index is 636. The molecule has 1 saturated heterocycles. The van der Waals surface area contributed by atoms with Gasteiger partial charge in [-0.25, -0.2) is 0 Å². The van der Waals surface area contributed by atoms with Crippen molar-refractivity contribution in [1.82, 2.24) is 14.7 Å². The zero-order valence-electron chi connectivity index (χ0n) is 15.0. The first kappa shape index (κ1) is 17.9. The number of ether oxygens (including phenoxy) is 1. The van der Waals surface area contributed by atoms with E-state index in [9.17, 15) is 14.7 Å². The summed E-state index contributed by atoms with van der Waals surface area (Å²) >= 11 is 0. The standard InChI is InChI=1S/C18H27N3O4/c1-20-11-15(17(19-20)12-6-4-3-5-7-12)18(24)21-10-14(25-2)8-13(21)9-16(22)23/h11-14H,3-10H2,1-2H3,(H,22,23)/t13-,14+/m1/s1. The van der Waals surface area contributed by atoms with Gasteiger partial charge in [0.2, 0.25) is 0 Å². The number of nitrogens with zero attached hydrogens (tertiary/aromatic N) is 3. The van der Waals surface area contributed by atoms with Crippen molar-refractivity contribution in [2.75, 3.05) is 13.7 Å². The number of aliphatic carboxylic acids is 1. The number of carbonyl (C=O) groups excluding carboxylic acids is 1. The fraction of sp³-hybridized carbons (Fsp3) is 0.722. The van der Waals surface area contributed by atoms with E-state index in [1.54, 1.807) is 22.9 Å². The molecule has 25 heavy (non-hydrogen) atoms. The predicted octanol–water partition coefficient (Wildman–Crippen LogP) is 2.17. The van der Waals surface area contributed by atoms with E-state index in [0.29, 0.717) is 24.4 Å². The van der Waals surface area contributed by atoms with Gasteiger partial charge >= 0.3 is 5.97 Å². The first-order valence-corrected chi connectivity index (χ1v) is 9.08. The number of carboxylic acids is 1. The van der Waals surface area contributed by atoms with Gasteiger partial charge < -0.3 is 14.7 Å². The monoisotopic (exact) mass is 349 g/mol. The van der Waals surface area contributed by atoms with Crippen LogP contribution in [-0.4, -0.2) is 57.5 Å². The number of amides is 1. The summed E-state index contributed by atoms with van der Waals surface area (Å²) < 4.78 is 7.08. The molecule has 2 fully saturated rings. The van der Waals surface area contributed by atoms with Crippen LogP contribution in [0.2, 0.25) is 0 Å². The topological polar surface area (TPSA) is 84.7 Å². The van der Waals surface area contributed by atoms with Crippen molar-refractivity contribution in [3.63, 3.8) is 0 Å². The van der Waals surface area contributed by atoms with Gasteiger partial charge in [0.25, 0.3) is 5.91 Å². The van der Waals surface area contributed by atoms with Crippen LogP contribution in [0.4, 0.5) is 0 Å². The molecule has 2 aliphatic rings. The maximum Gasteiger partial charge on any atom is 0.305 e. The van der Waals surface area contributed by atoms with Gasteiger partial charge in [-0.1, -0.05) is 19.3 Å². The van der Waals surface area contributed by atoms with Crippen LogP contribution in [0.3, 0.4) is 0 Å². The first-order valence-electron chi connectivity index (χ1n) is 9.08. The minimum absolute atomic E-state index is 0.0510. The zero-order chi connectivity index (χ0) is 18.0. The average Bonchev–Trinajstić information content (AvgIpc) is 3.18. The van der Waals surface area contributed by atoms with Gasteiger partial charge in [0.05, 0.1) is 23.8 Å². The third-order valence-electron chi connectivity index (χ3n) is 5.46. The Hall–Kier alpha value is -1.89. The number of aromatic nitrogens is 2. The second-order valence-electron chi connectivity index (χ2n) is 7.24. The van der Waals surface area contributed by atoms with Crippen LogP contribution in [0.1, 0.15) is 66.9 Å². The maximum absolute atomic E-state index is 13.2. The SMILES string of the molecule is CO[C@H]1C[C@H](CC(=O)O)N(C(=O)c2cn(C)nc2C2CCCCC2)C1. The Balaban J connectivity index is 1.85. The molecule has 1 aromatic heterocycles. The molecule has 0 aromatic carbocycles. The summed E-state index contributed by atoms with van der Waals surface area (Å²) in [6.07, 6.45) is 7.91. The van der Waals surface area contributed by atoms with Crippen LogP contribution in [0.15, 0.2) is 6.20 Å². The second-order valence-corrected chi connectivity index (χ2v) is 7.24. The maximum atomic E-state index is 13.2. The van der Waals surface area contributed by atoms with E-state index in [-0.39, 0.29) is 24.5 Å². The smallest absolute Gasteiger partial charge is 0.305 e. The Kier molecular flexibility index (Phi) is 5.42. The van der Waals surface area contributed by atoms with E-state index in [1.807, 2.05) is 7.05 Å². The molecule has 0 spiro atoms. The highest BCUT2D eigenvalue weighted by molar-refractivity contribution is 5.96. The van der Waals surface area contributed by atoms with E-state index < -0.39 is 5.97 Å². The van der Waals surface area contributed by atoms with E-state index in [4.69, 9.17) is 4.74 Å². The summed E-state index contributed by atoms with van der Waals surface area (Å²) in [5, 5.41) is 13.7. The zero-order valence-corrected chi connectivity index (χ0v) is 15.0. The molecule has 1 aliphatic carbocycles. The van der Waals surface area contributed by atoms with Crippen molar-refractivity contribution < 1.29 is 19.4 Å². The highest BCUT2D eigenvalue weighted by atomic mass is 16.5. The molecule has 2 atom stereocenters. The van der Waals surface area contributed by atoms with Gasteiger partial charge in [0, 0.05) is 38.9 Å². The molecule has 3 rings (SSSR count). The molecule has 1 N–H and O–H groups in total. The summed E-state index contributed by atoms with van der Waals surface area (Å²) in [6.45, 7) is 0.437. The Morgan fingerprint density at radius 3 is 2.68 bits per heavy atom. The van der Waals surface area contributed by atoms with E-state index in [0.717, 1.165) is 18.5 Å². The normalized spacial score (nSPS) is 24.6. The molecule has 7 nitrogen and oxygen atoms in total. The molecule has 138 valence electrons. The molecule has 1 aliphatic heterocycles. The highest BCUT2D eigenvalue weighted by Gasteiger charge is 2.38. The fourth-order valence-electron chi connectivity index (χ4n) is 4.19. The summed E-state index contributed by atoms with van der Waals surface area (Å²) in [7, 11) is 3.44. The molecule has 7 heteroatoms. The lowest BCUT2D eigenvalue weighted by Crippen LogP contribution is -2.37. The lowest BCUT2D eigenvalue weighted by atomic mass is 9.85. The summed E-state index contributed by atoms with van der Waals surface area (Å²) in [5.41, 5.74) is 1.50. The quantitative estimate of drug-likeness (QED) is 0.881. The van der Waals surface area contributed by atoms with E-state index in [2.05, 4.69) is 5.10 Å². The van der Waals surface area contributed by atoms with Gasteiger partial charge in [0.1, 0.15) is 0 Å². The lowest BCUT2D eigenvalue weighted by molar-refractivity contribution is -0.137. The summed E-state index contributed by atoms with van der Waals surface area (Å²) in [5.74, 6) is -0.676. The number of rotatable bonds is 5. The van der Waals surface area contributed by atoms with Crippen molar-refractivity contribution in [1.29, 1.82) is 0 Å². The molecule has 1 saturated carbocycles. The molecular weight excluding hydrogens is 322 g/mol. The van der Waals surface area contributed by atoms with Crippen molar-refractivity contribution in [2.45, 2.75) is 63.0 Å². The fourth-order valence-corrected chi connectivity index (χ4v) is 4.19. The van der Waals surface area contributed by atoms with Crippen LogP contribution in [0.25, 0.3) is 0 Å². The van der Waals surface area contributed by atoms with E-state index in [1.165, 1.54) is 19.3 Å². The number of hydrogen-bond acceptors (Lipinski definition) is 4. The molecule has 0 unspecified atom stereocenters. The van der Waals surface area contributed by atoms with Gasteiger partial charge in [-0.15, -0.1) is 0 Å². The number of aryl methyl sites for hydroxylation is 1. The van der Waals surface area contributed by atoms with Gasteiger partial charge in [0.15, 0.2) is 0 Å². The Morgan fingerprint density at radius 2 is 2.04 bits per heavy atom. The van der Waals surface area contributed by atoms with Crippen LogP contribution < -0.4 is 0 Å². The Morgan fingerprint density at radius 1 is 1.32 bits per heavy atom. The van der Waals surface area contributed by atoms with Crippen molar-refractivity contribution in [3.8, 4) is 0 Å². The van der Waals surface area contributed by atoms with Crippen LogP contribution in [0.5, 0.6) is 0 Å². The van der Waals surface area contributed by atoms with Crippen molar-refractivity contribution in [3.05, 3.63) is 17.5 Å². The van der Waals surface area contributed by atoms with Gasteiger partial charge in [-0.2, -0.15) is 5.10 Å².